The van der Waals surface area contributed by atoms with Crippen LogP contribution in [0.15, 0.2) is 72.0 Å². The molecule has 4 aromatic rings. The summed E-state index contributed by atoms with van der Waals surface area (Å²) in [6.07, 6.45) is 1.65. The van der Waals surface area contributed by atoms with E-state index in [-0.39, 0.29) is 11.7 Å². The third kappa shape index (κ3) is 4.66. The van der Waals surface area contributed by atoms with Gasteiger partial charge in [0.2, 0.25) is 11.1 Å². The quantitative estimate of drug-likeness (QED) is 0.437. The number of rotatable bonds is 8. The van der Waals surface area contributed by atoms with Gasteiger partial charge >= 0.3 is 0 Å². The van der Waals surface area contributed by atoms with E-state index in [0.717, 1.165) is 17.0 Å². The average molecular weight is 421 g/mol. The second kappa shape index (κ2) is 9.23. The summed E-state index contributed by atoms with van der Waals surface area (Å²) in [6, 6.07) is 19.0. The molecule has 0 saturated carbocycles. The van der Waals surface area contributed by atoms with Gasteiger partial charge in [0.1, 0.15) is 11.6 Å². The van der Waals surface area contributed by atoms with Crippen LogP contribution in [-0.2, 0) is 11.3 Å². The van der Waals surface area contributed by atoms with Crippen LogP contribution in [0.25, 0.3) is 5.69 Å². The van der Waals surface area contributed by atoms with Gasteiger partial charge in [0, 0.05) is 6.07 Å². The van der Waals surface area contributed by atoms with Crippen molar-refractivity contribution in [3.8, 4) is 11.4 Å². The highest BCUT2D eigenvalue weighted by atomic mass is 32.2. The van der Waals surface area contributed by atoms with Gasteiger partial charge < -0.3 is 10.1 Å². The Hall–Kier alpha value is -3.66. The molecule has 2 aromatic heterocycles. The Bertz CT molecular complexity index is 1110. The Morgan fingerprint density at radius 3 is 2.67 bits per heavy atom. The molecule has 2 heterocycles. The highest BCUT2D eigenvalue weighted by Crippen LogP contribution is 2.19. The minimum Gasteiger partial charge on any atom is -0.497 e. The SMILES string of the molecule is COc1ccc(Cn2nccc2NC(=O)CSc2nnnn2-c2ccccc2)cc1. The standard InChI is InChI=1S/C20H19N7O2S/c1-29-17-9-7-15(8-10-17)13-26-18(11-12-21-26)22-19(28)14-30-20-23-24-25-27(20)16-5-3-2-4-6-16/h2-12H,13-14H2,1H3,(H,22,28). The molecular formula is C20H19N7O2S. The lowest BCUT2D eigenvalue weighted by Crippen LogP contribution is -2.18. The van der Waals surface area contributed by atoms with Crippen molar-refractivity contribution in [2.24, 2.45) is 0 Å². The van der Waals surface area contributed by atoms with Gasteiger partial charge in [-0.1, -0.05) is 42.1 Å². The maximum Gasteiger partial charge on any atom is 0.235 e. The number of aromatic nitrogens is 6. The second-order valence-corrected chi connectivity index (χ2v) is 7.21. The van der Waals surface area contributed by atoms with Crippen molar-refractivity contribution in [1.82, 2.24) is 30.0 Å². The van der Waals surface area contributed by atoms with Crippen molar-refractivity contribution in [3.63, 3.8) is 0 Å². The van der Waals surface area contributed by atoms with Gasteiger partial charge in [0.15, 0.2) is 0 Å². The summed E-state index contributed by atoms with van der Waals surface area (Å²) >= 11 is 1.26. The number of hydrogen-bond acceptors (Lipinski definition) is 7. The number of methoxy groups -OCH3 is 1. The van der Waals surface area contributed by atoms with Crippen molar-refractivity contribution < 1.29 is 9.53 Å². The van der Waals surface area contributed by atoms with Crippen molar-refractivity contribution in [2.45, 2.75) is 11.7 Å². The first-order valence-corrected chi connectivity index (χ1v) is 10.1. The molecular weight excluding hydrogens is 402 g/mol. The molecule has 1 N–H and O–H groups in total. The molecule has 152 valence electrons. The van der Waals surface area contributed by atoms with E-state index < -0.39 is 0 Å². The molecule has 0 bridgehead atoms. The Morgan fingerprint density at radius 1 is 1.10 bits per heavy atom. The van der Waals surface area contributed by atoms with E-state index >= 15 is 0 Å². The number of nitrogens with zero attached hydrogens (tertiary/aromatic N) is 6. The number of para-hydroxylation sites is 1. The lowest BCUT2D eigenvalue weighted by Gasteiger charge is -2.09. The summed E-state index contributed by atoms with van der Waals surface area (Å²) in [5, 5.41) is 19.4. The van der Waals surface area contributed by atoms with Crippen LogP contribution < -0.4 is 10.1 Å². The van der Waals surface area contributed by atoms with E-state index in [1.807, 2.05) is 54.6 Å². The van der Waals surface area contributed by atoms with Crippen molar-refractivity contribution in [1.29, 1.82) is 0 Å². The highest BCUT2D eigenvalue weighted by Gasteiger charge is 2.13. The molecule has 0 unspecified atom stereocenters. The number of ether oxygens (including phenoxy) is 1. The van der Waals surface area contributed by atoms with Crippen LogP contribution in [0.3, 0.4) is 0 Å². The summed E-state index contributed by atoms with van der Waals surface area (Å²) in [6.45, 7) is 0.534. The summed E-state index contributed by atoms with van der Waals surface area (Å²) in [5.74, 6) is 1.42. The molecule has 0 aliphatic heterocycles. The molecule has 0 atom stereocenters. The smallest absolute Gasteiger partial charge is 0.235 e. The van der Waals surface area contributed by atoms with E-state index in [1.54, 1.807) is 28.7 Å². The molecule has 0 radical (unpaired) electrons. The first-order valence-electron chi connectivity index (χ1n) is 9.14. The van der Waals surface area contributed by atoms with Crippen molar-refractivity contribution in [2.75, 3.05) is 18.2 Å². The van der Waals surface area contributed by atoms with Crippen LogP contribution in [0.5, 0.6) is 5.75 Å². The molecule has 1 amide bonds. The number of anilines is 1. The van der Waals surface area contributed by atoms with Crippen LogP contribution in [0, 0.1) is 0 Å². The zero-order valence-electron chi connectivity index (χ0n) is 16.2. The highest BCUT2D eigenvalue weighted by molar-refractivity contribution is 7.99. The maximum absolute atomic E-state index is 12.5. The summed E-state index contributed by atoms with van der Waals surface area (Å²) < 4.78 is 8.51. The van der Waals surface area contributed by atoms with Crippen LogP contribution in [0.2, 0.25) is 0 Å². The molecule has 0 saturated heterocycles. The fourth-order valence-electron chi connectivity index (χ4n) is 2.78. The number of benzene rings is 2. The van der Waals surface area contributed by atoms with Gasteiger partial charge in [-0.3, -0.25) is 4.79 Å². The predicted octanol–water partition coefficient (Wildman–Crippen LogP) is 2.65. The van der Waals surface area contributed by atoms with Crippen LogP contribution in [0.4, 0.5) is 5.82 Å². The number of thioether (sulfide) groups is 1. The molecule has 4 rings (SSSR count). The fraction of sp³-hybridized carbons (Fsp3) is 0.150. The van der Waals surface area contributed by atoms with Gasteiger partial charge in [0.05, 0.1) is 31.3 Å². The van der Waals surface area contributed by atoms with E-state index in [1.165, 1.54) is 11.8 Å². The third-order valence-electron chi connectivity index (χ3n) is 4.25. The molecule has 0 aliphatic rings. The first-order chi connectivity index (χ1) is 14.7. The summed E-state index contributed by atoms with van der Waals surface area (Å²) in [4.78, 5) is 12.5. The average Bonchev–Trinajstić information content (AvgIpc) is 3.43. The molecule has 30 heavy (non-hydrogen) atoms. The van der Waals surface area contributed by atoms with E-state index in [2.05, 4.69) is 25.9 Å². The van der Waals surface area contributed by atoms with Gasteiger partial charge in [0.25, 0.3) is 0 Å². The molecule has 10 heteroatoms. The van der Waals surface area contributed by atoms with Crippen molar-refractivity contribution in [3.05, 3.63) is 72.4 Å². The first kappa shape index (κ1) is 19.6. The Labute approximate surface area is 177 Å². The molecule has 2 aromatic carbocycles. The Kier molecular flexibility index (Phi) is 6.04. The number of amides is 1. The number of hydrogen-bond donors (Lipinski definition) is 1. The van der Waals surface area contributed by atoms with Crippen LogP contribution in [0.1, 0.15) is 5.56 Å². The van der Waals surface area contributed by atoms with Gasteiger partial charge in [-0.2, -0.15) is 9.78 Å². The normalized spacial score (nSPS) is 10.7. The lowest BCUT2D eigenvalue weighted by molar-refractivity contribution is -0.113. The maximum atomic E-state index is 12.5. The third-order valence-corrected chi connectivity index (χ3v) is 5.17. The van der Waals surface area contributed by atoms with Crippen LogP contribution in [-0.4, -0.2) is 48.8 Å². The molecule has 9 nitrogen and oxygen atoms in total. The lowest BCUT2D eigenvalue weighted by atomic mass is 10.2. The second-order valence-electron chi connectivity index (χ2n) is 6.27. The number of carbonyl (C=O) groups excluding carboxylic acids is 1. The monoisotopic (exact) mass is 421 g/mol. The zero-order chi connectivity index (χ0) is 20.8. The molecule has 0 spiro atoms. The van der Waals surface area contributed by atoms with Crippen LogP contribution >= 0.6 is 11.8 Å². The Balaban J connectivity index is 1.37. The summed E-state index contributed by atoms with van der Waals surface area (Å²) in [7, 11) is 1.63. The van der Waals surface area contributed by atoms with Gasteiger partial charge in [-0.25, -0.2) is 4.68 Å². The van der Waals surface area contributed by atoms with Gasteiger partial charge in [-0.15, -0.1) is 5.10 Å². The minimum absolute atomic E-state index is 0.168. The fourth-order valence-corrected chi connectivity index (χ4v) is 3.47. The van der Waals surface area contributed by atoms with Gasteiger partial charge in [-0.05, 0) is 40.3 Å². The van der Waals surface area contributed by atoms with E-state index in [4.69, 9.17) is 4.74 Å². The van der Waals surface area contributed by atoms with E-state index in [9.17, 15) is 4.79 Å². The molecule has 0 aliphatic carbocycles. The number of nitrogens with one attached hydrogen (secondary N) is 1. The largest absolute Gasteiger partial charge is 0.497 e. The Morgan fingerprint density at radius 2 is 1.90 bits per heavy atom. The topological polar surface area (TPSA) is 99.8 Å². The summed E-state index contributed by atoms with van der Waals surface area (Å²) in [5.41, 5.74) is 1.88. The zero-order valence-corrected chi connectivity index (χ0v) is 17.0. The van der Waals surface area contributed by atoms with E-state index in [0.29, 0.717) is 17.5 Å². The number of carbonyl (C=O) groups is 1. The minimum atomic E-state index is -0.168. The van der Waals surface area contributed by atoms with Crippen molar-refractivity contribution >= 4 is 23.5 Å². The predicted molar refractivity (Wildman–Crippen MR) is 113 cm³/mol. The molecule has 0 fully saturated rings. The number of tetrazole rings is 1.